The third kappa shape index (κ3) is 7.36. The maximum absolute atomic E-state index is 14.6. The van der Waals surface area contributed by atoms with Crippen molar-refractivity contribution >= 4 is 335 Å². The van der Waals surface area contributed by atoms with Crippen molar-refractivity contribution in [1.82, 2.24) is 0 Å². The number of hydrogen-bond acceptors (Lipinski definition) is 0. The normalized spacial score (nSPS) is 17.1. The van der Waals surface area contributed by atoms with Gasteiger partial charge in [-0.25, -0.2) is 5.11 Å². The van der Waals surface area contributed by atoms with E-state index in [1.165, 1.54) is 0 Å². The summed E-state index contributed by atoms with van der Waals surface area (Å²) in [5.41, 5.74) is -2.08. The third-order valence-corrected chi connectivity index (χ3v) is 36.7. The molecule has 0 aromatic heterocycles. The molecular weight excluding hydrogens is 1810 g/mol. The molecule has 0 aliphatic rings. The molecule has 1 nitrogen and oxygen atoms in total. The van der Waals surface area contributed by atoms with Gasteiger partial charge in [-0.3, -0.25) is 0 Å². The van der Waals surface area contributed by atoms with Gasteiger partial charge in [0.15, 0.2) is 6.43 Å². The Balaban J connectivity index is 7.19. The van der Waals surface area contributed by atoms with Gasteiger partial charge >= 0.3 is 0 Å². The zero-order chi connectivity index (χ0) is 27.0. The van der Waals surface area contributed by atoms with Crippen LogP contribution >= 0.6 is 335 Å². The van der Waals surface area contributed by atoms with Crippen LogP contribution in [0, 0.1) is 0 Å². The fraction of sp³-hybridized carbons (Fsp3) is 1.00. The smallest absolute Gasteiger partial charge is 0.200 e. The van der Waals surface area contributed by atoms with Crippen LogP contribution in [0.2, 0.25) is 0 Å². The second kappa shape index (κ2) is 13.4. The fourth-order valence-electron chi connectivity index (χ4n) is 1.70. The predicted octanol–water partition coefficient (Wildman–Crippen LogP) is 15.6. The molecule has 0 rings (SSSR count). The van der Waals surface area contributed by atoms with E-state index in [4.69, 9.17) is 0 Å². The van der Waals surface area contributed by atoms with Crippen molar-refractivity contribution in [3.8, 4) is 0 Å². The molecule has 0 bridgehead atoms. The van der Waals surface area contributed by atoms with Crippen LogP contribution in [0.3, 0.4) is 0 Å². The van der Waals surface area contributed by atoms with Gasteiger partial charge in [-0.05, 0) is 0 Å². The molecule has 0 aromatic carbocycles. The van der Waals surface area contributed by atoms with Gasteiger partial charge in [-0.15, -0.1) is 0 Å². The van der Waals surface area contributed by atoms with E-state index in [1.807, 2.05) is 0 Å². The van der Waals surface area contributed by atoms with E-state index in [1.54, 1.807) is 0 Å². The average Bonchev–Trinajstić information content (AvgIpc) is 2.49. The number of rotatable bonds is 6. The van der Waals surface area contributed by atoms with Crippen LogP contribution in [0.1, 0.15) is 0 Å². The summed E-state index contributed by atoms with van der Waals surface area (Å²) in [6, 6.07) is 0. The Labute approximate surface area is 362 Å². The minimum absolute atomic E-state index is 0.868. The van der Waals surface area contributed by atoms with Crippen molar-refractivity contribution in [2.75, 3.05) is 0 Å². The topological polar surface area (TPSA) is 19.9 Å². The molecule has 0 amide bonds. The maximum Gasteiger partial charge on any atom is 0.200 e. The third-order valence-electron chi connectivity index (χ3n) is 3.57. The molecule has 0 aromatic rings. The van der Waals surface area contributed by atoms with Crippen molar-refractivity contribution in [3.63, 3.8) is 0 Å². The lowest BCUT2D eigenvalue weighted by atomic mass is 9.98. The Morgan fingerprint density at radius 3 is 0.625 bits per heavy atom. The standard InChI is InChI=1S/C10Br21O/c11-2(12,1(32,8(23,24)25)9(26,27)28)3(13,14)4(15,16)5(17,18)6(19,20)7(21,22)10(29,30)31. The molecule has 1 radical (unpaired) electrons. The Hall–Kier alpha value is 10.0. The van der Waals surface area contributed by atoms with E-state index in [0.717, 1.165) is 0 Å². The summed E-state index contributed by atoms with van der Waals surface area (Å²) in [5.74, 6) is 0. The van der Waals surface area contributed by atoms with Gasteiger partial charge in [0.1, 0.15) is 19.4 Å². The first-order chi connectivity index (χ1) is 13.2. The molecule has 0 saturated carbocycles. The largest absolute Gasteiger partial charge is 0.220 e. The Bertz CT molecular complexity index is 675. The van der Waals surface area contributed by atoms with Crippen molar-refractivity contribution in [2.45, 2.75) is 31.4 Å². The molecule has 0 fully saturated rings. The molecule has 22 heteroatoms. The summed E-state index contributed by atoms with van der Waals surface area (Å²) >= 11 is 75.8. The highest BCUT2D eigenvalue weighted by molar-refractivity contribution is 9.43. The molecule has 0 heterocycles. The Morgan fingerprint density at radius 1 is 0.250 bits per heavy atom. The molecular formula is C10Br21O. The number of alkyl halides is 21. The Morgan fingerprint density at radius 2 is 0.438 bits per heavy atom. The Kier molecular flexibility index (Phi) is 17.6. The summed E-state index contributed by atoms with van der Waals surface area (Å²) in [5, 5.41) is 14.6. The molecule has 0 aliphatic heterocycles. The molecule has 193 valence electrons. The average molecular weight is 1810 g/mol. The van der Waals surface area contributed by atoms with Crippen molar-refractivity contribution < 1.29 is 5.11 Å². The zero-order valence-electron chi connectivity index (χ0n) is 13.3. The summed E-state index contributed by atoms with van der Waals surface area (Å²) in [6.07, 6.45) is 0. The van der Waals surface area contributed by atoms with E-state index in [-0.39, 0.29) is 0 Å². The predicted molar refractivity (Wildman–Crippen MR) is 215 cm³/mol. The highest BCUT2D eigenvalue weighted by Gasteiger charge is 2.82. The molecule has 0 N–H and O–H groups in total. The van der Waals surface area contributed by atoms with Gasteiger partial charge in [0, 0.05) is 0 Å². The van der Waals surface area contributed by atoms with Gasteiger partial charge in [0.2, 0.25) is 5.60 Å². The molecule has 0 spiro atoms. The molecule has 0 atom stereocenters. The second-order valence-corrected chi connectivity index (χ2v) is 46.6. The maximum atomic E-state index is 14.6. The van der Waals surface area contributed by atoms with E-state index in [0.29, 0.717) is 0 Å². The van der Waals surface area contributed by atoms with E-state index in [9.17, 15) is 5.11 Å². The van der Waals surface area contributed by atoms with Crippen molar-refractivity contribution in [3.05, 3.63) is 0 Å². The van der Waals surface area contributed by atoms with Crippen LogP contribution in [-0.4, -0.2) is 31.4 Å². The van der Waals surface area contributed by atoms with Crippen molar-refractivity contribution in [1.29, 1.82) is 0 Å². The highest BCUT2D eigenvalue weighted by Crippen LogP contribution is 2.79. The van der Waals surface area contributed by atoms with Crippen LogP contribution in [0.4, 0.5) is 0 Å². The first-order valence-electron chi connectivity index (χ1n) is 6.42. The monoisotopic (exact) mass is 1790 g/mol. The van der Waals surface area contributed by atoms with Gasteiger partial charge < -0.3 is 0 Å². The van der Waals surface area contributed by atoms with Crippen LogP contribution in [-0.2, 0) is 5.11 Å². The lowest BCUT2D eigenvalue weighted by molar-refractivity contribution is -0.0144. The van der Waals surface area contributed by atoms with Crippen molar-refractivity contribution in [2.24, 2.45) is 0 Å². The fourth-order valence-corrected chi connectivity index (χ4v) is 24.7. The van der Waals surface area contributed by atoms with E-state index >= 15 is 0 Å². The molecule has 0 unspecified atom stereocenters. The summed E-state index contributed by atoms with van der Waals surface area (Å²) < 4.78 is -11.1. The lowest BCUT2D eigenvalue weighted by Gasteiger charge is -2.59. The molecule has 32 heavy (non-hydrogen) atoms. The van der Waals surface area contributed by atoms with Crippen LogP contribution in [0.25, 0.3) is 0 Å². The summed E-state index contributed by atoms with van der Waals surface area (Å²) in [4.78, 5) is 0. The minimum atomic E-state index is -2.08. The number of halogens is 21. The van der Waals surface area contributed by atoms with Crippen LogP contribution < -0.4 is 0 Å². The first-order valence-corrected chi connectivity index (χ1v) is 23.1. The lowest BCUT2D eigenvalue weighted by Crippen LogP contribution is -2.73. The number of hydrogen-bond donors (Lipinski definition) is 0. The zero-order valence-corrected chi connectivity index (χ0v) is 46.7. The van der Waals surface area contributed by atoms with Gasteiger partial charge in [-0.1, -0.05) is 335 Å². The van der Waals surface area contributed by atoms with Gasteiger partial charge in [0.05, 0.1) is 0 Å². The van der Waals surface area contributed by atoms with Crippen LogP contribution in [0.15, 0.2) is 0 Å². The highest BCUT2D eigenvalue weighted by atomic mass is 80.0. The minimum Gasteiger partial charge on any atom is -0.220 e. The van der Waals surface area contributed by atoms with E-state index < -0.39 is 31.4 Å². The quantitative estimate of drug-likeness (QED) is 0.236. The van der Waals surface area contributed by atoms with Crippen LogP contribution in [0.5, 0.6) is 0 Å². The van der Waals surface area contributed by atoms with Gasteiger partial charge in [-0.2, -0.15) is 0 Å². The van der Waals surface area contributed by atoms with E-state index in [2.05, 4.69) is 335 Å². The molecule has 0 saturated heterocycles. The second-order valence-electron chi connectivity index (χ2n) is 5.62. The SMILES string of the molecule is [O]C(C(Br)(Br)Br)(C(Br)(Br)Br)C(Br)(Br)C(Br)(Br)C(Br)(Br)C(Br)(Br)C(Br)(Br)C(Br)(Br)C(Br)(Br)Br. The molecule has 0 aliphatic carbocycles. The van der Waals surface area contributed by atoms with Gasteiger partial charge in [0.25, 0.3) is 0 Å². The summed E-state index contributed by atoms with van der Waals surface area (Å²) in [6.45, 7) is 0. The summed E-state index contributed by atoms with van der Waals surface area (Å²) in [7, 11) is 0. The first kappa shape index (κ1) is 42.0.